The third-order valence-electron chi connectivity index (χ3n) is 4.57. The molecule has 2 aromatic carbocycles. The molecule has 29 heavy (non-hydrogen) atoms. The van der Waals surface area contributed by atoms with E-state index in [0.717, 1.165) is 18.4 Å². The predicted molar refractivity (Wildman–Crippen MR) is 105 cm³/mol. The van der Waals surface area contributed by atoms with Crippen LogP contribution in [-0.2, 0) is 11.3 Å². The first kappa shape index (κ1) is 19.4. The fourth-order valence-corrected chi connectivity index (χ4v) is 3.04. The highest BCUT2D eigenvalue weighted by Crippen LogP contribution is 2.29. The van der Waals surface area contributed by atoms with Gasteiger partial charge in [-0.05, 0) is 61.4 Å². The van der Waals surface area contributed by atoms with E-state index in [4.69, 9.17) is 20.8 Å². The second-order valence-corrected chi connectivity index (χ2v) is 7.25. The molecular formula is C21H19ClFN3O3. The van der Waals surface area contributed by atoms with Crippen molar-refractivity contribution in [2.45, 2.75) is 31.8 Å². The summed E-state index contributed by atoms with van der Waals surface area (Å²) in [5.41, 5.74) is 0.769. The summed E-state index contributed by atoms with van der Waals surface area (Å²) in [5, 5.41) is 8.76. The fourth-order valence-electron chi connectivity index (χ4n) is 2.91. The second kappa shape index (κ2) is 8.61. The highest BCUT2D eigenvalue weighted by Gasteiger charge is 2.33. The van der Waals surface area contributed by atoms with Crippen molar-refractivity contribution in [2.24, 2.45) is 0 Å². The van der Waals surface area contributed by atoms with Crippen LogP contribution in [0.5, 0.6) is 5.75 Å². The van der Waals surface area contributed by atoms with Crippen LogP contribution in [0.3, 0.4) is 0 Å². The zero-order valence-corrected chi connectivity index (χ0v) is 16.3. The molecule has 0 radical (unpaired) electrons. The summed E-state index contributed by atoms with van der Waals surface area (Å²) in [4.78, 5) is 14.4. The summed E-state index contributed by atoms with van der Waals surface area (Å²) < 4.78 is 24.2. The summed E-state index contributed by atoms with van der Waals surface area (Å²) in [5.74, 6) is 0.933. The number of hydrogen-bond donors (Lipinski definition) is 0. The van der Waals surface area contributed by atoms with E-state index < -0.39 is 0 Å². The summed E-state index contributed by atoms with van der Waals surface area (Å²) >= 11 is 5.90. The number of rotatable bonds is 8. The van der Waals surface area contributed by atoms with Crippen LogP contribution in [0.25, 0.3) is 11.5 Å². The molecule has 1 amide bonds. The van der Waals surface area contributed by atoms with Crippen LogP contribution in [0.1, 0.15) is 25.2 Å². The van der Waals surface area contributed by atoms with E-state index in [0.29, 0.717) is 22.6 Å². The number of hydrogen-bond acceptors (Lipinski definition) is 5. The van der Waals surface area contributed by atoms with Crippen molar-refractivity contribution in [2.75, 3.05) is 6.61 Å². The average molecular weight is 416 g/mol. The molecule has 0 N–H and O–H groups in total. The van der Waals surface area contributed by atoms with Crippen LogP contribution in [0, 0.1) is 5.82 Å². The summed E-state index contributed by atoms with van der Waals surface area (Å²) in [7, 11) is 0. The Morgan fingerprint density at radius 2 is 1.86 bits per heavy atom. The summed E-state index contributed by atoms with van der Waals surface area (Å²) in [6, 6.07) is 13.0. The Labute approximate surface area is 172 Å². The lowest BCUT2D eigenvalue weighted by atomic mass is 10.2. The number of halogens is 2. The van der Waals surface area contributed by atoms with Gasteiger partial charge in [-0.25, -0.2) is 4.39 Å². The Balaban J connectivity index is 1.35. The van der Waals surface area contributed by atoms with Crippen molar-refractivity contribution < 1.29 is 18.3 Å². The van der Waals surface area contributed by atoms with E-state index in [-0.39, 0.29) is 37.3 Å². The van der Waals surface area contributed by atoms with Gasteiger partial charge in [0.15, 0.2) is 0 Å². The van der Waals surface area contributed by atoms with Gasteiger partial charge in [-0.3, -0.25) is 4.79 Å². The maximum Gasteiger partial charge on any atom is 0.247 e. The molecule has 150 valence electrons. The topological polar surface area (TPSA) is 68.5 Å². The Bertz CT molecular complexity index is 972. The molecule has 1 fully saturated rings. The zero-order chi connectivity index (χ0) is 20.2. The lowest BCUT2D eigenvalue weighted by Gasteiger charge is -2.20. The molecule has 1 aliphatic rings. The van der Waals surface area contributed by atoms with Gasteiger partial charge in [-0.2, -0.15) is 0 Å². The van der Waals surface area contributed by atoms with Gasteiger partial charge in [0, 0.05) is 16.6 Å². The van der Waals surface area contributed by atoms with Crippen molar-refractivity contribution in [3.8, 4) is 17.2 Å². The minimum absolute atomic E-state index is 0.0409. The van der Waals surface area contributed by atoms with Gasteiger partial charge in [0.1, 0.15) is 11.6 Å². The Morgan fingerprint density at radius 1 is 1.14 bits per heavy atom. The smallest absolute Gasteiger partial charge is 0.247 e. The Hall–Kier alpha value is -2.93. The molecule has 1 heterocycles. The summed E-state index contributed by atoms with van der Waals surface area (Å²) in [6.07, 6.45) is 2.14. The number of carbonyl (C=O) groups excluding carboxylic acids is 1. The molecule has 1 aliphatic carbocycles. The van der Waals surface area contributed by atoms with Crippen molar-refractivity contribution in [1.29, 1.82) is 0 Å². The first-order chi connectivity index (χ1) is 14.1. The molecule has 0 unspecified atom stereocenters. The molecule has 0 spiro atoms. The van der Waals surface area contributed by atoms with Crippen LogP contribution in [-0.4, -0.2) is 33.7 Å². The van der Waals surface area contributed by atoms with E-state index in [1.807, 2.05) is 0 Å². The molecule has 0 aliphatic heterocycles. The van der Waals surface area contributed by atoms with Gasteiger partial charge < -0.3 is 14.1 Å². The number of amides is 1. The molecule has 0 bridgehead atoms. The zero-order valence-electron chi connectivity index (χ0n) is 15.6. The average Bonchev–Trinajstić information content (AvgIpc) is 3.46. The molecule has 3 aromatic rings. The Morgan fingerprint density at radius 3 is 2.55 bits per heavy atom. The highest BCUT2D eigenvalue weighted by atomic mass is 35.5. The normalized spacial score (nSPS) is 13.3. The van der Waals surface area contributed by atoms with Crippen LogP contribution >= 0.6 is 11.6 Å². The van der Waals surface area contributed by atoms with Gasteiger partial charge in [0.25, 0.3) is 0 Å². The van der Waals surface area contributed by atoms with Gasteiger partial charge >= 0.3 is 0 Å². The van der Waals surface area contributed by atoms with E-state index in [1.54, 1.807) is 29.2 Å². The third kappa shape index (κ3) is 5.12. The predicted octanol–water partition coefficient (Wildman–Crippen LogP) is 4.49. The molecule has 0 saturated heterocycles. The van der Waals surface area contributed by atoms with E-state index in [9.17, 15) is 9.18 Å². The van der Waals surface area contributed by atoms with Gasteiger partial charge in [-0.15, -0.1) is 10.2 Å². The van der Waals surface area contributed by atoms with Crippen molar-refractivity contribution >= 4 is 17.5 Å². The number of benzene rings is 2. The minimum atomic E-state index is -0.328. The molecule has 0 atom stereocenters. The molecule has 1 aromatic heterocycles. The van der Waals surface area contributed by atoms with Crippen molar-refractivity contribution in [1.82, 2.24) is 15.1 Å². The monoisotopic (exact) mass is 415 g/mol. The minimum Gasteiger partial charge on any atom is -0.493 e. The maximum absolute atomic E-state index is 12.9. The van der Waals surface area contributed by atoms with Crippen molar-refractivity contribution in [3.05, 3.63) is 65.3 Å². The highest BCUT2D eigenvalue weighted by molar-refractivity contribution is 6.30. The number of aromatic nitrogens is 2. The first-order valence-electron chi connectivity index (χ1n) is 9.34. The van der Waals surface area contributed by atoms with Crippen LogP contribution in [0.15, 0.2) is 52.9 Å². The standard InChI is InChI=1S/C21H19ClFN3O3/c22-15-3-1-14(2-4-15)21-25-24-19(29-21)13-26(17-7-8-17)20(27)11-12-28-18-9-5-16(23)6-10-18/h1-6,9-10,17H,7-8,11-13H2. The largest absolute Gasteiger partial charge is 0.493 e. The summed E-state index contributed by atoms with van der Waals surface area (Å²) in [6.45, 7) is 0.480. The lowest BCUT2D eigenvalue weighted by molar-refractivity contribution is -0.133. The number of ether oxygens (including phenoxy) is 1. The third-order valence-corrected chi connectivity index (χ3v) is 4.82. The lowest BCUT2D eigenvalue weighted by Crippen LogP contribution is -2.33. The van der Waals surface area contributed by atoms with Gasteiger partial charge in [0.05, 0.1) is 19.6 Å². The van der Waals surface area contributed by atoms with Crippen LogP contribution in [0.4, 0.5) is 4.39 Å². The van der Waals surface area contributed by atoms with Crippen LogP contribution in [0.2, 0.25) is 5.02 Å². The molecule has 8 heteroatoms. The Kier molecular flexibility index (Phi) is 5.76. The molecule has 6 nitrogen and oxygen atoms in total. The maximum atomic E-state index is 12.9. The number of nitrogens with zero attached hydrogens (tertiary/aromatic N) is 3. The van der Waals surface area contributed by atoms with E-state index in [2.05, 4.69) is 10.2 Å². The van der Waals surface area contributed by atoms with Gasteiger partial charge in [-0.1, -0.05) is 11.6 Å². The van der Waals surface area contributed by atoms with Gasteiger partial charge in [0.2, 0.25) is 17.7 Å². The van der Waals surface area contributed by atoms with E-state index >= 15 is 0 Å². The molecular weight excluding hydrogens is 397 g/mol. The molecule has 4 rings (SSSR count). The van der Waals surface area contributed by atoms with E-state index in [1.165, 1.54) is 24.3 Å². The molecule has 1 saturated carbocycles. The number of carbonyl (C=O) groups is 1. The second-order valence-electron chi connectivity index (χ2n) is 6.81. The van der Waals surface area contributed by atoms with Crippen molar-refractivity contribution in [3.63, 3.8) is 0 Å². The fraction of sp³-hybridized carbons (Fsp3) is 0.286. The van der Waals surface area contributed by atoms with Crippen LogP contribution < -0.4 is 4.74 Å². The first-order valence-corrected chi connectivity index (χ1v) is 9.72. The quantitative estimate of drug-likeness (QED) is 0.542. The SMILES string of the molecule is O=C(CCOc1ccc(F)cc1)N(Cc1nnc(-c2ccc(Cl)cc2)o1)C1CC1.